The second-order valence-corrected chi connectivity index (χ2v) is 15.0. The largest absolute Gasteiger partial charge is 0.466 e. The average molecular weight is 806 g/mol. The lowest BCUT2D eigenvalue weighted by molar-refractivity contribution is -0.136. The van der Waals surface area contributed by atoms with Crippen LogP contribution in [0.5, 0.6) is 11.5 Å². The minimum Gasteiger partial charge on any atom is -0.466 e. The maximum atomic E-state index is 14.1. The van der Waals surface area contributed by atoms with E-state index in [0.717, 1.165) is 0 Å². The van der Waals surface area contributed by atoms with Crippen LogP contribution in [0.2, 0.25) is 5.02 Å². The van der Waals surface area contributed by atoms with Gasteiger partial charge in [0.05, 0.1) is 18.7 Å². The van der Waals surface area contributed by atoms with Crippen molar-refractivity contribution in [3.05, 3.63) is 117 Å². The van der Waals surface area contributed by atoms with Gasteiger partial charge in [0.15, 0.2) is 10.8 Å². The van der Waals surface area contributed by atoms with E-state index in [-0.39, 0.29) is 47.6 Å². The molecule has 3 fully saturated rings. The normalized spacial score (nSPS) is 20.8. The van der Waals surface area contributed by atoms with Crippen molar-refractivity contribution in [1.82, 2.24) is 25.0 Å². The van der Waals surface area contributed by atoms with E-state index in [1.54, 1.807) is 47.5 Å². The van der Waals surface area contributed by atoms with Gasteiger partial charge in [0.1, 0.15) is 23.4 Å². The lowest BCUT2D eigenvalue weighted by atomic mass is 9.95. The molecule has 56 heavy (non-hydrogen) atoms. The van der Waals surface area contributed by atoms with Crippen molar-refractivity contribution in [2.45, 2.75) is 31.0 Å². The molecule has 4 aromatic rings. The number of benzene rings is 3. The zero-order chi connectivity index (χ0) is 39.1. The van der Waals surface area contributed by atoms with Crippen molar-refractivity contribution in [3.63, 3.8) is 0 Å². The number of likely N-dealkylation sites (tertiary alicyclic amines) is 1. The molecule has 0 aliphatic carbocycles. The van der Waals surface area contributed by atoms with Gasteiger partial charge >= 0.3 is 18.0 Å². The number of hydrogen-bond donors (Lipinski definition) is 1. The highest BCUT2D eigenvalue weighted by atomic mass is 35.5. The van der Waals surface area contributed by atoms with Crippen molar-refractivity contribution < 1.29 is 37.0 Å². The van der Waals surface area contributed by atoms with Crippen LogP contribution in [-0.2, 0) is 9.53 Å². The zero-order valence-corrected chi connectivity index (χ0v) is 31.5. The molecule has 3 amide bonds. The lowest BCUT2D eigenvalue weighted by Gasteiger charge is -2.38. The van der Waals surface area contributed by atoms with E-state index in [9.17, 15) is 27.6 Å². The Morgan fingerprint density at radius 3 is 2.43 bits per heavy atom. The summed E-state index contributed by atoms with van der Waals surface area (Å²) in [5.41, 5.74) is 2.06. The van der Waals surface area contributed by atoms with E-state index >= 15 is 0 Å². The van der Waals surface area contributed by atoms with Gasteiger partial charge in [-0.05, 0) is 67.1 Å². The third-order valence-electron chi connectivity index (χ3n) is 10.2. The summed E-state index contributed by atoms with van der Waals surface area (Å²) in [7, 11) is 1.29. The van der Waals surface area contributed by atoms with Crippen LogP contribution in [0.25, 0.3) is 0 Å². The predicted molar refractivity (Wildman–Crippen MR) is 203 cm³/mol. The van der Waals surface area contributed by atoms with Gasteiger partial charge in [0.2, 0.25) is 0 Å². The number of amidine groups is 1. The number of ether oxygens (including phenoxy) is 2. The molecule has 1 aromatic heterocycles. The number of amides is 3. The summed E-state index contributed by atoms with van der Waals surface area (Å²) in [6.07, 6.45) is 1.57. The summed E-state index contributed by atoms with van der Waals surface area (Å²) in [5.74, 6) is -0.486. The van der Waals surface area contributed by atoms with E-state index in [4.69, 9.17) is 26.1 Å². The minimum atomic E-state index is -3.14. The van der Waals surface area contributed by atoms with Crippen molar-refractivity contribution >= 4 is 52.4 Å². The monoisotopic (exact) mass is 805 g/mol. The van der Waals surface area contributed by atoms with Gasteiger partial charge in [0.25, 0.3) is 5.91 Å². The molecule has 12 nitrogen and oxygen atoms in total. The molecular weight excluding hydrogens is 771 g/mol. The van der Waals surface area contributed by atoms with Gasteiger partial charge in [-0.2, -0.15) is 8.78 Å². The Bertz CT molecular complexity index is 2220. The predicted octanol–water partition coefficient (Wildman–Crippen LogP) is 6.70. The van der Waals surface area contributed by atoms with E-state index in [1.165, 1.54) is 48.8 Å². The van der Waals surface area contributed by atoms with Crippen molar-refractivity contribution in [2.75, 3.05) is 51.3 Å². The second kappa shape index (κ2) is 15.2. The Morgan fingerprint density at radius 2 is 1.77 bits per heavy atom. The minimum absolute atomic E-state index is 0.0156. The van der Waals surface area contributed by atoms with Crippen LogP contribution in [0.15, 0.2) is 94.6 Å². The fourth-order valence-corrected chi connectivity index (χ4v) is 8.33. The number of fused-ring (bicyclic) bond motifs is 1. The molecule has 17 heteroatoms. The summed E-state index contributed by atoms with van der Waals surface area (Å²) >= 11 is 7.88. The van der Waals surface area contributed by atoms with Crippen LogP contribution in [0, 0.1) is 5.82 Å². The number of rotatable bonds is 9. The Kier molecular flexibility index (Phi) is 10.2. The first-order valence-electron chi connectivity index (χ1n) is 17.9. The van der Waals surface area contributed by atoms with Crippen LogP contribution < -0.4 is 15.0 Å². The molecule has 3 saturated heterocycles. The van der Waals surface area contributed by atoms with Gasteiger partial charge in [-0.15, -0.1) is 11.3 Å². The number of carbonyl (C=O) groups excluding carboxylic acids is 3. The molecule has 5 heterocycles. The molecular formula is C39H35ClF3N7O5S. The van der Waals surface area contributed by atoms with Crippen LogP contribution in [0.1, 0.15) is 39.8 Å². The molecule has 0 radical (unpaired) electrons. The average Bonchev–Trinajstić information content (AvgIpc) is 3.94. The van der Waals surface area contributed by atoms with Gasteiger partial charge in [0, 0.05) is 84.8 Å². The molecule has 3 aromatic carbocycles. The number of thiazole rings is 1. The number of urea groups is 1. The first kappa shape index (κ1) is 37.5. The van der Waals surface area contributed by atoms with E-state index in [0.29, 0.717) is 76.9 Å². The molecule has 1 N–H and O–H groups in total. The number of halogens is 4. The van der Waals surface area contributed by atoms with Crippen molar-refractivity contribution in [2.24, 2.45) is 4.99 Å². The number of anilines is 1. The van der Waals surface area contributed by atoms with Crippen LogP contribution in [-0.4, -0.2) is 102 Å². The van der Waals surface area contributed by atoms with Gasteiger partial charge in [-0.1, -0.05) is 17.7 Å². The first-order chi connectivity index (χ1) is 27.0. The lowest BCUT2D eigenvalue weighted by Crippen LogP contribution is -2.53. The number of nitrogens with one attached hydrogen (secondary N) is 1. The Labute approximate surface area is 328 Å². The third kappa shape index (κ3) is 7.31. The molecule has 4 aliphatic heterocycles. The number of aliphatic imine (C=N–C) groups is 1. The molecule has 4 aliphatic rings. The summed E-state index contributed by atoms with van der Waals surface area (Å²) < 4.78 is 53.4. The van der Waals surface area contributed by atoms with Crippen molar-refractivity contribution in [3.8, 4) is 11.5 Å². The summed E-state index contributed by atoms with van der Waals surface area (Å²) in [6, 6.07) is 12.8. The molecule has 0 bridgehead atoms. The molecule has 2 atom stereocenters. The number of esters is 1. The summed E-state index contributed by atoms with van der Waals surface area (Å²) in [4.78, 5) is 55.2. The Morgan fingerprint density at radius 1 is 1.02 bits per heavy atom. The summed E-state index contributed by atoms with van der Waals surface area (Å²) in [6.45, 7) is 2.24. The van der Waals surface area contributed by atoms with Crippen LogP contribution >= 0.6 is 22.9 Å². The second-order valence-electron chi connectivity index (χ2n) is 13.7. The van der Waals surface area contributed by atoms with Crippen LogP contribution in [0.3, 0.4) is 0 Å². The fraction of sp³-hybridized carbons (Fsp3) is 0.308. The molecule has 0 saturated carbocycles. The first-order valence-corrected chi connectivity index (χ1v) is 19.1. The molecule has 2 unspecified atom stereocenters. The number of methoxy groups -OCH3 is 1. The quantitative estimate of drug-likeness (QED) is 0.147. The maximum Gasteiger partial charge on any atom is 0.338 e. The van der Waals surface area contributed by atoms with Crippen LogP contribution in [0.4, 0.5) is 23.7 Å². The summed E-state index contributed by atoms with van der Waals surface area (Å²) in [5, 5.41) is 5.85. The smallest absolute Gasteiger partial charge is 0.338 e. The maximum absolute atomic E-state index is 14.1. The van der Waals surface area contributed by atoms with E-state index in [2.05, 4.69) is 15.2 Å². The number of alkyl halides is 2. The van der Waals surface area contributed by atoms with Gasteiger partial charge in [-0.3, -0.25) is 24.5 Å². The Hall–Kier alpha value is -5.45. The number of carbonyl (C=O) groups is 3. The van der Waals surface area contributed by atoms with Gasteiger partial charge < -0.3 is 19.7 Å². The molecule has 0 spiro atoms. The zero-order valence-electron chi connectivity index (χ0n) is 30.0. The molecule has 8 rings (SSSR count). The highest BCUT2D eigenvalue weighted by molar-refractivity contribution is 7.11. The standard InChI is InChI=1S/C39H35ClF3N7O5S/c1-54-37(52)32-31(45-34(35-44-14-18-56-35)46-33(32)29-12-5-24(41)19-30(29)40)22-47-16-17-48-26(20-47)21-49(38(48)53)25-6-10-28(11-7-25)55-27-8-3-23(4-9-27)36(51)50-15-2-13-39(50,42)43/h3-12,14,18-19,26,33H,2,13,15-17,20-22H2,1H3,(H,45,46). The SMILES string of the molecule is COC(=O)C1=C(CN2CCN3C(=O)N(c4ccc(Oc5ccc(C(=O)N6CCCC6(F)F)cc5)cc4)CC3C2)NC(c2nccs2)=NC1c1ccc(F)cc1Cl. The number of hydrogen-bond acceptors (Lipinski definition) is 10. The Balaban J connectivity index is 0.950. The van der Waals surface area contributed by atoms with E-state index < -0.39 is 29.8 Å². The number of aromatic nitrogens is 1. The highest BCUT2D eigenvalue weighted by Gasteiger charge is 2.45. The molecule has 290 valence electrons. The fourth-order valence-electron chi connectivity index (χ4n) is 7.47. The highest BCUT2D eigenvalue weighted by Crippen LogP contribution is 2.38. The number of nitrogens with zero attached hydrogens (tertiary/aromatic N) is 6. The van der Waals surface area contributed by atoms with Gasteiger partial charge in [-0.25, -0.2) is 19.0 Å². The topological polar surface area (TPSA) is 120 Å². The number of piperazine rings is 1. The van der Waals surface area contributed by atoms with E-state index in [1.807, 2.05) is 10.3 Å². The van der Waals surface area contributed by atoms with Crippen molar-refractivity contribution in [1.29, 1.82) is 0 Å². The third-order valence-corrected chi connectivity index (χ3v) is 11.3.